The highest BCUT2D eigenvalue weighted by Crippen LogP contribution is 2.22. The molecule has 0 aromatic heterocycles. The molecule has 1 amide bonds. The Labute approximate surface area is 207 Å². The Kier molecular flexibility index (Phi) is 9.15. The Morgan fingerprint density at radius 3 is 2.32 bits per heavy atom. The van der Waals surface area contributed by atoms with E-state index in [2.05, 4.69) is 15.1 Å². The van der Waals surface area contributed by atoms with Crippen LogP contribution in [0.5, 0.6) is 5.75 Å². The van der Waals surface area contributed by atoms with Crippen molar-refractivity contribution in [1.29, 1.82) is 0 Å². The number of hydrogen-bond acceptors (Lipinski definition) is 7. The maximum atomic E-state index is 12.9. The summed E-state index contributed by atoms with van der Waals surface area (Å²) in [5.41, 5.74) is 1.62. The Hall–Kier alpha value is -2.37. The first-order chi connectivity index (χ1) is 16.0. The number of nitrogens with one attached hydrogen (secondary N) is 1. The summed E-state index contributed by atoms with van der Waals surface area (Å²) in [7, 11) is -1.96. The molecule has 11 heteroatoms. The third-order valence-electron chi connectivity index (χ3n) is 5.90. The van der Waals surface area contributed by atoms with Crippen LogP contribution in [0.1, 0.15) is 0 Å². The Balaban J connectivity index is 0.00000324. The highest BCUT2D eigenvalue weighted by molar-refractivity contribution is 7.89. The summed E-state index contributed by atoms with van der Waals surface area (Å²) in [5, 5.41) is 2.84. The zero-order chi connectivity index (χ0) is 23.3. The van der Waals surface area contributed by atoms with Crippen LogP contribution in [0.25, 0.3) is 0 Å². The molecule has 2 aromatic rings. The monoisotopic (exact) mass is 510 g/mol. The Morgan fingerprint density at radius 1 is 1.00 bits per heavy atom. The van der Waals surface area contributed by atoms with Crippen LogP contribution >= 0.6 is 12.4 Å². The van der Waals surface area contributed by atoms with Crippen LogP contribution in [0.2, 0.25) is 0 Å². The first kappa shape index (κ1) is 26.2. The summed E-state index contributed by atoms with van der Waals surface area (Å²) in [6.45, 7) is 4.90. The van der Waals surface area contributed by atoms with Crippen molar-refractivity contribution in [3.63, 3.8) is 0 Å². The number of rotatable bonds is 7. The molecule has 0 bridgehead atoms. The molecule has 9 nitrogen and oxygen atoms in total. The van der Waals surface area contributed by atoms with Gasteiger partial charge in [-0.25, -0.2) is 8.42 Å². The van der Waals surface area contributed by atoms with Crippen molar-refractivity contribution in [1.82, 2.24) is 9.21 Å². The number of sulfonamides is 1. The summed E-state index contributed by atoms with van der Waals surface area (Å²) in [6.07, 6.45) is 0. The number of halogens is 1. The molecule has 0 unspecified atom stereocenters. The smallest absolute Gasteiger partial charge is 0.243 e. The molecule has 4 rings (SSSR count). The van der Waals surface area contributed by atoms with Crippen LogP contribution in [0.3, 0.4) is 0 Å². The Bertz CT molecular complexity index is 1050. The lowest BCUT2D eigenvalue weighted by molar-refractivity contribution is -0.117. The third kappa shape index (κ3) is 6.39. The van der Waals surface area contributed by atoms with Crippen LogP contribution in [-0.2, 0) is 19.6 Å². The molecule has 2 aromatic carbocycles. The summed E-state index contributed by atoms with van der Waals surface area (Å²) < 4.78 is 37.6. The van der Waals surface area contributed by atoms with E-state index in [0.29, 0.717) is 32.0 Å². The van der Waals surface area contributed by atoms with Gasteiger partial charge in [-0.2, -0.15) is 4.31 Å². The van der Waals surface area contributed by atoms with Gasteiger partial charge in [-0.15, -0.1) is 12.4 Å². The maximum Gasteiger partial charge on any atom is 0.243 e. The maximum absolute atomic E-state index is 12.9. The van der Waals surface area contributed by atoms with Gasteiger partial charge in [0.1, 0.15) is 5.75 Å². The zero-order valence-corrected chi connectivity index (χ0v) is 20.8. The second kappa shape index (κ2) is 11.9. The van der Waals surface area contributed by atoms with E-state index in [9.17, 15) is 13.2 Å². The fourth-order valence-electron chi connectivity index (χ4n) is 4.03. The number of amides is 1. The van der Waals surface area contributed by atoms with Gasteiger partial charge in [0.2, 0.25) is 15.9 Å². The molecule has 0 saturated carbocycles. The van der Waals surface area contributed by atoms with Gasteiger partial charge in [-0.1, -0.05) is 6.07 Å². The first-order valence-corrected chi connectivity index (χ1v) is 12.5. The molecule has 0 radical (unpaired) electrons. The molecule has 0 spiro atoms. The van der Waals surface area contributed by atoms with Crippen molar-refractivity contribution in [2.24, 2.45) is 0 Å². The predicted octanol–water partition coefficient (Wildman–Crippen LogP) is 1.90. The molecule has 2 fully saturated rings. The van der Waals surface area contributed by atoms with Crippen LogP contribution < -0.4 is 15.0 Å². The zero-order valence-electron chi connectivity index (χ0n) is 19.2. The molecular formula is C23H31ClN4O5S. The minimum atomic E-state index is -3.61. The summed E-state index contributed by atoms with van der Waals surface area (Å²) >= 11 is 0. The molecule has 2 aliphatic heterocycles. The standard InChI is InChI=1S/C23H30N4O5S.ClH/c1-31-21-7-5-20(6-8-21)26-11-9-25(10-12-26)18-23(28)24-19-3-2-4-22(17-19)33(29,30)27-13-15-32-16-14-27;/h2-8,17H,9-16,18H2,1H3,(H,24,28);1H. The number of methoxy groups -OCH3 is 1. The van der Waals surface area contributed by atoms with E-state index >= 15 is 0 Å². The quantitative estimate of drug-likeness (QED) is 0.608. The number of nitrogens with zero attached hydrogens (tertiary/aromatic N) is 3. The molecule has 2 aliphatic rings. The lowest BCUT2D eigenvalue weighted by Gasteiger charge is -2.35. The van der Waals surface area contributed by atoms with Gasteiger partial charge < -0.3 is 19.7 Å². The fourth-order valence-corrected chi connectivity index (χ4v) is 5.49. The third-order valence-corrected chi connectivity index (χ3v) is 7.80. The number of anilines is 2. The van der Waals surface area contributed by atoms with Crippen molar-refractivity contribution in [3.05, 3.63) is 48.5 Å². The molecule has 34 heavy (non-hydrogen) atoms. The van der Waals surface area contributed by atoms with E-state index in [0.717, 1.165) is 37.6 Å². The molecular weight excluding hydrogens is 480 g/mol. The van der Waals surface area contributed by atoms with Crippen molar-refractivity contribution in [2.75, 3.05) is 76.4 Å². The summed E-state index contributed by atoms with van der Waals surface area (Å²) in [4.78, 5) is 17.2. The van der Waals surface area contributed by atoms with Crippen molar-refractivity contribution in [3.8, 4) is 5.75 Å². The lowest BCUT2D eigenvalue weighted by atomic mass is 10.2. The molecule has 1 N–H and O–H groups in total. The van der Waals surface area contributed by atoms with E-state index in [-0.39, 0.29) is 29.8 Å². The molecule has 0 atom stereocenters. The van der Waals surface area contributed by atoms with Crippen molar-refractivity contribution in [2.45, 2.75) is 4.90 Å². The van der Waals surface area contributed by atoms with E-state index in [1.165, 1.54) is 10.4 Å². The highest BCUT2D eigenvalue weighted by Gasteiger charge is 2.26. The molecule has 2 saturated heterocycles. The van der Waals surface area contributed by atoms with Crippen molar-refractivity contribution < 1.29 is 22.7 Å². The summed E-state index contributed by atoms with van der Waals surface area (Å²) in [5.74, 6) is 0.671. The average molecular weight is 511 g/mol. The topological polar surface area (TPSA) is 91.4 Å². The van der Waals surface area contributed by atoms with Gasteiger partial charge in [0.05, 0.1) is 31.8 Å². The SMILES string of the molecule is COc1ccc(N2CCN(CC(=O)Nc3cccc(S(=O)(=O)N4CCOCC4)c3)CC2)cc1.Cl. The fraction of sp³-hybridized carbons (Fsp3) is 0.435. The number of carbonyl (C=O) groups is 1. The average Bonchev–Trinajstić information content (AvgIpc) is 2.85. The molecule has 0 aliphatic carbocycles. The largest absolute Gasteiger partial charge is 0.497 e. The van der Waals surface area contributed by atoms with Gasteiger partial charge in [-0.3, -0.25) is 9.69 Å². The minimum absolute atomic E-state index is 0. The Morgan fingerprint density at radius 2 is 1.68 bits per heavy atom. The predicted molar refractivity (Wildman–Crippen MR) is 134 cm³/mol. The molecule has 2 heterocycles. The van der Waals surface area contributed by atoms with E-state index in [1.54, 1.807) is 25.3 Å². The van der Waals surface area contributed by atoms with Gasteiger partial charge in [0, 0.05) is 50.6 Å². The highest BCUT2D eigenvalue weighted by atomic mass is 35.5. The number of morpholine rings is 1. The normalized spacial score (nSPS) is 17.6. The van der Waals surface area contributed by atoms with Gasteiger partial charge in [-0.05, 0) is 42.5 Å². The lowest BCUT2D eigenvalue weighted by Crippen LogP contribution is -2.48. The van der Waals surface area contributed by atoms with Gasteiger partial charge in [0.25, 0.3) is 0 Å². The van der Waals surface area contributed by atoms with Crippen LogP contribution in [0, 0.1) is 0 Å². The van der Waals surface area contributed by atoms with E-state index in [4.69, 9.17) is 9.47 Å². The number of benzene rings is 2. The van der Waals surface area contributed by atoms with E-state index < -0.39 is 10.0 Å². The molecule has 186 valence electrons. The minimum Gasteiger partial charge on any atom is -0.497 e. The van der Waals surface area contributed by atoms with Crippen molar-refractivity contribution >= 4 is 39.7 Å². The second-order valence-corrected chi connectivity index (χ2v) is 9.99. The number of ether oxygens (including phenoxy) is 2. The number of carbonyl (C=O) groups excluding carboxylic acids is 1. The second-order valence-electron chi connectivity index (χ2n) is 8.05. The van der Waals surface area contributed by atoms with Crippen LogP contribution in [-0.4, -0.2) is 89.7 Å². The van der Waals surface area contributed by atoms with Crippen LogP contribution in [0.15, 0.2) is 53.4 Å². The van der Waals surface area contributed by atoms with E-state index in [1.807, 2.05) is 24.3 Å². The van der Waals surface area contributed by atoms with Crippen LogP contribution in [0.4, 0.5) is 11.4 Å². The number of piperazine rings is 1. The van der Waals surface area contributed by atoms with Gasteiger partial charge >= 0.3 is 0 Å². The number of hydrogen-bond donors (Lipinski definition) is 1. The summed E-state index contributed by atoms with van der Waals surface area (Å²) in [6, 6.07) is 14.4. The van der Waals surface area contributed by atoms with Gasteiger partial charge in [0.15, 0.2) is 0 Å². The first-order valence-electron chi connectivity index (χ1n) is 11.0.